The fraction of sp³-hybridized carbons (Fsp3) is 0.190. The van der Waals surface area contributed by atoms with E-state index in [1.807, 2.05) is 14.0 Å². The number of anilines is 1. The van der Waals surface area contributed by atoms with E-state index in [1.54, 1.807) is 30.1 Å². The van der Waals surface area contributed by atoms with Crippen molar-refractivity contribution in [2.24, 2.45) is 7.05 Å². The first-order valence-electron chi connectivity index (χ1n) is 9.66. The van der Waals surface area contributed by atoms with Gasteiger partial charge in [0.15, 0.2) is 0 Å². The molecule has 3 heterocycles. The topological polar surface area (TPSA) is 99.8 Å². The number of carbonyl (C=O) groups excluding carboxylic acids is 1. The van der Waals surface area contributed by atoms with Gasteiger partial charge in [0.1, 0.15) is 11.4 Å². The van der Waals surface area contributed by atoms with Crippen LogP contribution < -0.4 is 10.1 Å². The zero-order valence-electron chi connectivity index (χ0n) is 17.8. The molecule has 0 fully saturated rings. The Bertz CT molecular complexity index is 1330. The first-order chi connectivity index (χ1) is 15.6. The molecule has 12 heteroatoms. The average Bonchev–Trinajstić information content (AvgIpc) is 3.35. The van der Waals surface area contributed by atoms with Gasteiger partial charge in [0.05, 0.1) is 35.7 Å². The highest BCUT2D eigenvalue weighted by molar-refractivity contribution is 6.04. The van der Waals surface area contributed by atoms with Crippen molar-refractivity contribution in [1.29, 1.82) is 0 Å². The molecule has 4 aromatic rings. The van der Waals surface area contributed by atoms with Crippen LogP contribution in [0, 0.1) is 13.8 Å². The number of pyridine rings is 1. The maximum atomic E-state index is 12.6. The van der Waals surface area contributed by atoms with Crippen molar-refractivity contribution in [2.75, 3.05) is 5.32 Å². The quantitative estimate of drug-likeness (QED) is 0.489. The Hall–Kier alpha value is -4.22. The number of nitrogens with zero attached hydrogens (tertiary/aromatic N) is 6. The maximum absolute atomic E-state index is 12.6. The van der Waals surface area contributed by atoms with Crippen LogP contribution in [0.3, 0.4) is 0 Å². The van der Waals surface area contributed by atoms with Crippen LogP contribution in [-0.2, 0) is 7.05 Å². The van der Waals surface area contributed by atoms with E-state index in [9.17, 15) is 18.0 Å². The van der Waals surface area contributed by atoms with Gasteiger partial charge in [-0.05, 0) is 38.1 Å². The zero-order valence-corrected chi connectivity index (χ0v) is 17.8. The van der Waals surface area contributed by atoms with Crippen molar-refractivity contribution in [1.82, 2.24) is 29.8 Å². The lowest BCUT2D eigenvalue weighted by atomic mass is 10.2. The molecular weight excluding hydrogens is 439 g/mol. The van der Waals surface area contributed by atoms with Gasteiger partial charge in [-0.15, -0.1) is 18.3 Å². The molecule has 0 saturated carbocycles. The van der Waals surface area contributed by atoms with E-state index in [-0.39, 0.29) is 5.56 Å². The number of aryl methyl sites for hydroxylation is 2. The summed E-state index contributed by atoms with van der Waals surface area (Å²) in [5.74, 6) is -1.11. The van der Waals surface area contributed by atoms with Crippen molar-refractivity contribution >= 4 is 11.6 Å². The lowest BCUT2D eigenvalue weighted by molar-refractivity contribution is -0.274. The second kappa shape index (κ2) is 8.37. The highest BCUT2D eigenvalue weighted by Crippen LogP contribution is 2.25. The van der Waals surface area contributed by atoms with Gasteiger partial charge in [0.25, 0.3) is 5.91 Å². The maximum Gasteiger partial charge on any atom is 0.573 e. The van der Waals surface area contributed by atoms with Crippen molar-refractivity contribution in [2.45, 2.75) is 20.2 Å². The Morgan fingerprint density at radius 1 is 1.15 bits per heavy atom. The van der Waals surface area contributed by atoms with E-state index in [4.69, 9.17) is 0 Å². The lowest BCUT2D eigenvalue weighted by Crippen LogP contribution is -2.18. The number of halogens is 3. The van der Waals surface area contributed by atoms with Gasteiger partial charge < -0.3 is 10.1 Å². The summed E-state index contributed by atoms with van der Waals surface area (Å²) < 4.78 is 44.5. The van der Waals surface area contributed by atoms with Gasteiger partial charge in [-0.1, -0.05) is 11.3 Å². The smallest absolute Gasteiger partial charge is 0.406 e. The summed E-state index contributed by atoms with van der Waals surface area (Å²) in [6.07, 6.45) is 0.00538. The standard InChI is InChI=1S/C21H18F3N7O2/c1-12-19(31-11-18(28-29-31)17-10-26-30(3)13(17)2)8-15(9-25-12)27-20(32)14-5-4-6-16(7-14)33-21(22,23)24/h4-11H,1-3H3,(H,27,32). The van der Waals surface area contributed by atoms with E-state index in [2.05, 4.69) is 30.4 Å². The molecule has 1 aromatic carbocycles. The van der Waals surface area contributed by atoms with Crippen LogP contribution in [0.5, 0.6) is 5.75 Å². The number of alkyl halides is 3. The molecule has 0 saturated heterocycles. The van der Waals surface area contributed by atoms with Crippen LogP contribution in [-0.4, -0.2) is 42.0 Å². The Morgan fingerprint density at radius 3 is 2.64 bits per heavy atom. The SMILES string of the molecule is Cc1ncc(NC(=O)c2cccc(OC(F)(F)F)c2)cc1-n1cc(-c2cnn(C)c2C)nn1. The molecule has 0 bridgehead atoms. The number of nitrogens with one attached hydrogen (secondary N) is 1. The number of ether oxygens (including phenoxy) is 1. The Morgan fingerprint density at radius 2 is 1.94 bits per heavy atom. The molecule has 0 radical (unpaired) electrons. The summed E-state index contributed by atoms with van der Waals surface area (Å²) >= 11 is 0. The highest BCUT2D eigenvalue weighted by Gasteiger charge is 2.31. The van der Waals surface area contributed by atoms with Gasteiger partial charge in [-0.2, -0.15) is 5.10 Å². The minimum atomic E-state index is -4.85. The monoisotopic (exact) mass is 457 g/mol. The number of hydrogen-bond donors (Lipinski definition) is 1. The van der Waals surface area contributed by atoms with E-state index in [0.29, 0.717) is 22.8 Å². The minimum absolute atomic E-state index is 0.00558. The second-order valence-corrected chi connectivity index (χ2v) is 7.17. The summed E-state index contributed by atoms with van der Waals surface area (Å²) in [7, 11) is 1.83. The first-order valence-corrected chi connectivity index (χ1v) is 9.66. The predicted octanol–water partition coefficient (Wildman–Crippen LogP) is 3.83. The van der Waals surface area contributed by atoms with E-state index in [1.165, 1.54) is 23.0 Å². The summed E-state index contributed by atoms with van der Waals surface area (Å²) in [4.78, 5) is 16.9. The molecule has 170 valence electrons. The summed E-state index contributed by atoms with van der Waals surface area (Å²) in [5, 5.41) is 15.2. The van der Waals surface area contributed by atoms with Gasteiger partial charge >= 0.3 is 6.36 Å². The zero-order chi connectivity index (χ0) is 23.8. The summed E-state index contributed by atoms with van der Waals surface area (Å²) in [6, 6.07) is 6.44. The fourth-order valence-electron chi connectivity index (χ4n) is 3.11. The Kier molecular flexibility index (Phi) is 5.58. The number of aromatic nitrogens is 6. The largest absolute Gasteiger partial charge is 0.573 e. The molecule has 1 N–H and O–H groups in total. The van der Waals surface area contributed by atoms with Crippen LogP contribution in [0.2, 0.25) is 0 Å². The van der Waals surface area contributed by atoms with E-state index in [0.717, 1.165) is 23.4 Å². The van der Waals surface area contributed by atoms with Crippen LogP contribution in [0.4, 0.5) is 18.9 Å². The number of carbonyl (C=O) groups is 1. The first kappa shape index (κ1) is 22.0. The normalized spacial score (nSPS) is 11.5. The number of hydrogen-bond acceptors (Lipinski definition) is 6. The Balaban J connectivity index is 1.57. The molecule has 0 spiro atoms. The minimum Gasteiger partial charge on any atom is -0.406 e. The molecule has 0 aliphatic heterocycles. The van der Waals surface area contributed by atoms with Crippen molar-refractivity contribution in [3.63, 3.8) is 0 Å². The van der Waals surface area contributed by atoms with Crippen LogP contribution in [0.15, 0.2) is 48.9 Å². The van der Waals surface area contributed by atoms with Crippen LogP contribution in [0.25, 0.3) is 16.9 Å². The molecule has 9 nitrogen and oxygen atoms in total. The Labute approximate surface area is 185 Å². The molecule has 0 atom stereocenters. The summed E-state index contributed by atoms with van der Waals surface area (Å²) in [5.41, 5.74) is 3.91. The van der Waals surface area contributed by atoms with Gasteiger partial charge in [0, 0.05) is 23.9 Å². The molecule has 33 heavy (non-hydrogen) atoms. The van der Waals surface area contributed by atoms with Crippen LogP contribution >= 0.6 is 0 Å². The third-order valence-electron chi connectivity index (χ3n) is 4.90. The van der Waals surface area contributed by atoms with Gasteiger partial charge in [-0.3, -0.25) is 14.5 Å². The second-order valence-electron chi connectivity index (χ2n) is 7.17. The molecule has 0 unspecified atom stereocenters. The van der Waals surface area contributed by atoms with E-state index < -0.39 is 18.0 Å². The third kappa shape index (κ3) is 4.84. The predicted molar refractivity (Wildman–Crippen MR) is 112 cm³/mol. The number of rotatable bonds is 5. The van der Waals surface area contributed by atoms with Crippen LogP contribution in [0.1, 0.15) is 21.7 Å². The summed E-state index contributed by atoms with van der Waals surface area (Å²) in [6.45, 7) is 3.69. The molecule has 0 aliphatic rings. The van der Waals surface area contributed by atoms with Gasteiger partial charge in [0.2, 0.25) is 0 Å². The fourth-order valence-corrected chi connectivity index (χ4v) is 3.11. The molecule has 3 aromatic heterocycles. The van der Waals surface area contributed by atoms with Crippen molar-refractivity contribution in [3.05, 3.63) is 65.9 Å². The van der Waals surface area contributed by atoms with E-state index >= 15 is 0 Å². The molecule has 4 rings (SSSR count). The average molecular weight is 457 g/mol. The number of benzene rings is 1. The molecule has 1 amide bonds. The van der Waals surface area contributed by atoms with Crippen molar-refractivity contribution in [3.8, 4) is 22.7 Å². The van der Waals surface area contributed by atoms with Crippen molar-refractivity contribution < 1.29 is 22.7 Å². The lowest BCUT2D eigenvalue weighted by Gasteiger charge is -2.11. The third-order valence-corrected chi connectivity index (χ3v) is 4.90. The molecule has 0 aliphatic carbocycles. The molecular formula is C21H18F3N7O2. The number of amides is 1. The van der Waals surface area contributed by atoms with Gasteiger partial charge in [-0.25, -0.2) is 4.68 Å². The highest BCUT2D eigenvalue weighted by atomic mass is 19.4.